The van der Waals surface area contributed by atoms with Crippen LogP contribution in [0.25, 0.3) is 0 Å². The van der Waals surface area contributed by atoms with Crippen LogP contribution in [-0.4, -0.2) is 51.7 Å². The summed E-state index contributed by atoms with van der Waals surface area (Å²) in [6.07, 6.45) is 1.72. The van der Waals surface area contributed by atoms with Gasteiger partial charge >= 0.3 is 0 Å². The van der Waals surface area contributed by atoms with Crippen LogP contribution in [0.4, 0.5) is 0 Å². The minimum absolute atomic E-state index is 0.0928. The van der Waals surface area contributed by atoms with Crippen molar-refractivity contribution in [1.29, 1.82) is 0 Å². The van der Waals surface area contributed by atoms with E-state index >= 15 is 0 Å². The highest BCUT2D eigenvalue weighted by molar-refractivity contribution is 4.94. The van der Waals surface area contributed by atoms with Gasteiger partial charge in [0.1, 0.15) is 5.76 Å². The van der Waals surface area contributed by atoms with Gasteiger partial charge in [-0.3, -0.25) is 0 Å². The molecule has 0 aromatic carbocycles. The second-order valence-corrected chi connectivity index (χ2v) is 4.20. The van der Waals surface area contributed by atoms with E-state index in [9.17, 15) is 0 Å². The lowest BCUT2D eigenvalue weighted by atomic mass is 10.3. The van der Waals surface area contributed by atoms with E-state index in [4.69, 9.17) is 18.6 Å². The van der Waals surface area contributed by atoms with Crippen molar-refractivity contribution in [3.05, 3.63) is 17.8 Å². The number of hydrogen-bond acceptors (Lipinski definition) is 6. The largest absolute Gasteiger partial charge is 0.444 e. The van der Waals surface area contributed by atoms with E-state index in [0.29, 0.717) is 38.9 Å². The van der Waals surface area contributed by atoms with Gasteiger partial charge in [-0.1, -0.05) is 0 Å². The van der Waals surface area contributed by atoms with Crippen LogP contribution in [0.5, 0.6) is 0 Å². The lowest BCUT2D eigenvalue weighted by molar-refractivity contribution is 0.0252. The van der Waals surface area contributed by atoms with Crippen molar-refractivity contribution in [3.8, 4) is 0 Å². The molecule has 1 aromatic heterocycles. The molecule has 0 aliphatic rings. The summed E-state index contributed by atoms with van der Waals surface area (Å²) in [4.78, 5) is 4.17. The maximum absolute atomic E-state index is 5.43. The lowest BCUT2D eigenvalue weighted by Gasteiger charge is -2.10. The molecule has 0 saturated heterocycles. The number of nitrogens with one attached hydrogen (secondary N) is 1. The summed E-state index contributed by atoms with van der Waals surface area (Å²) in [5.41, 5.74) is 0. The average molecular weight is 272 g/mol. The van der Waals surface area contributed by atoms with Crippen molar-refractivity contribution < 1.29 is 18.6 Å². The van der Waals surface area contributed by atoms with Crippen LogP contribution in [0.1, 0.15) is 24.6 Å². The Hall–Kier alpha value is -0.950. The zero-order chi connectivity index (χ0) is 13.9. The Morgan fingerprint density at radius 1 is 1.21 bits per heavy atom. The van der Waals surface area contributed by atoms with E-state index in [-0.39, 0.29) is 6.04 Å². The predicted molar refractivity (Wildman–Crippen MR) is 71.2 cm³/mol. The van der Waals surface area contributed by atoms with E-state index in [2.05, 4.69) is 10.3 Å². The molecular formula is C13H24N2O4. The molecule has 0 aliphatic heterocycles. The highest BCUT2D eigenvalue weighted by atomic mass is 16.5. The normalized spacial score (nSPS) is 12.8. The van der Waals surface area contributed by atoms with Gasteiger partial charge in [-0.25, -0.2) is 4.98 Å². The molecule has 0 aliphatic carbocycles. The van der Waals surface area contributed by atoms with Gasteiger partial charge < -0.3 is 23.9 Å². The smallest absolute Gasteiger partial charge is 0.211 e. The number of oxazole rings is 1. The number of nitrogens with zero attached hydrogens (tertiary/aromatic N) is 1. The van der Waals surface area contributed by atoms with Crippen molar-refractivity contribution >= 4 is 0 Å². The summed E-state index contributed by atoms with van der Waals surface area (Å²) in [5.74, 6) is 1.54. The first-order chi connectivity index (χ1) is 9.24. The molecule has 0 fully saturated rings. The van der Waals surface area contributed by atoms with Crippen LogP contribution in [0, 0.1) is 6.92 Å². The van der Waals surface area contributed by atoms with Crippen molar-refractivity contribution in [2.24, 2.45) is 0 Å². The van der Waals surface area contributed by atoms with E-state index < -0.39 is 0 Å². The van der Waals surface area contributed by atoms with Gasteiger partial charge in [0.2, 0.25) is 5.89 Å². The molecule has 1 heterocycles. The lowest BCUT2D eigenvalue weighted by Crippen LogP contribution is -2.24. The number of rotatable bonds is 11. The van der Waals surface area contributed by atoms with Gasteiger partial charge in [0, 0.05) is 13.7 Å². The highest BCUT2D eigenvalue weighted by Crippen LogP contribution is 2.11. The van der Waals surface area contributed by atoms with E-state index in [1.165, 1.54) is 0 Å². The summed E-state index contributed by atoms with van der Waals surface area (Å²) < 4.78 is 21.0. The SMILES string of the molecule is COCCOCCOCCNC(C)c1ncc(C)o1. The molecule has 1 N–H and O–H groups in total. The van der Waals surface area contributed by atoms with Gasteiger partial charge in [0.25, 0.3) is 0 Å². The average Bonchev–Trinajstić information content (AvgIpc) is 2.83. The van der Waals surface area contributed by atoms with Gasteiger partial charge in [0.05, 0.1) is 45.3 Å². The fraction of sp³-hybridized carbons (Fsp3) is 0.769. The summed E-state index contributed by atoms with van der Waals surface area (Å²) in [6, 6.07) is 0.0928. The molecule has 1 atom stereocenters. The van der Waals surface area contributed by atoms with Gasteiger partial charge in [0.15, 0.2) is 0 Å². The molecule has 0 bridgehead atoms. The Morgan fingerprint density at radius 3 is 2.53 bits per heavy atom. The van der Waals surface area contributed by atoms with Crippen LogP contribution in [0.2, 0.25) is 0 Å². The highest BCUT2D eigenvalue weighted by Gasteiger charge is 2.09. The molecule has 0 radical (unpaired) electrons. The molecule has 0 spiro atoms. The molecule has 1 rings (SSSR count). The Bertz CT molecular complexity index is 330. The first-order valence-electron chi connectivity index (χ1n) is 6.54. The molecule has 0 amide bonds. The Labute approximate surface area is 114 Å². The topological polar surface area (TPSA) is 65.8 Å². The van der Waals surface area contributed by atoms with Crippen LogP contribution >= 0.6 is 0 Å². The number of aryl methyl sites for hydroxylation is 1. The third-order valence-corrected chi connectivity index (χ3v) is 2.51. The second-order valence-electron chi connectivity index (χ2n) is 4.20. The van der Waals surface area contributed by atoms with Gasteiger partial charge in [-0.15, -0.1) is 0 Å². The molecule has 0 saturated carbocycles. The van der Waals surface area contributed by atoms with Crippen LogP contribution < -0.4 is 5.32 Å². The Balaban J connectivity index is 1.93. The van der Waals surface area contributed by atoms with Crippen LogP contribution in [0.15, 0.2) is 10.6 Å². The monoisotopic (exact) mass is 272 g/mol. The molecule has 6 heteroatoms. The van der Waals surface area contributed by atoms with E-state index in [1.54, 1.807) is 13.3 Å². The zero-order valence-corrected chi connectivity index (χ0v) is 12.0. The van der Waals surface area contributed by atoms with Crippen molar-refractivity contribution in [2.75, 3.05) is 46.7 Å². The Morgan fingerprint density at radius 2 is 1.89 bits per heavy atom. The second kappa shape index (κ2) is 9.91. The predicted octanol–water partition coefficient (Wildman–Crippen LogP) is 1.31. The number of hydrogen-bond donors (Lipinski definition) is 1. The zero-order valence-electron chi connectivity index (χ0n) is 12.0. The third kappa shape index (κ3) is 7.27. The first-order valence-corrected chi connectivity index (χ1v) is 6.54. The van der Waals surface area contributed by atoms with Gasteiger partial charge in [-0.05, 0) is 13.8 Å². The van der Waals surface area contributed by atoms with Crippen molar-refractivity contribution in [2.45, 2.75) is 19.9 Å². The number of ether oxygens (including phenoxy) is 3. The van der Waals surface area contributed by atoms with Crippen molar-refractivity contribution in [1.82, 2.24) is 10.3 Å². The number of methoxy groups -OCH3 is 1. The van der Waals surface area contributed by atoms with E-state index in [1.807, 2.05) is 13.8 Å². The quantitative estimate of drug-likeness (QED) is 0.613. The molecule has 1 aromatic rings. The fourth-order valence-electron chi connectivity index (χ4n) is 1.47. The van der Waals surface area contributed by atoms with E-state index in [0.717, 1.165) is 12.3 Å². The maximum Gasteiger partial charge on any atom is 0.211 e. The van der Waals surface area contributed by atoms with Gasteiger partial charge in [-0.2, -0.15) is 0 Å². The molecule has 19 heavy (non-hydrogen) atoms. The summed E-state index contributed by atoms with van der Waals surface area (Å²) in [5, 5.41) is 3.28. The third-order valence-electron chi connectivity index (χ3n) is 2.51. The summed E-state index contributed by atoms with van der Waals surface area (Å²) in [7, 11) is 1.65. The molecule has 1 unspecified atom stereocenters. The first kappa shape index (κ1) is 16.1. The minimum atomic E-state index is 0.0928. The molecular weight excluding hydrogens is 248 g/mol. The minimum Gasteiger partial charge on any atom is -0.444 e. The molecule has 110 valence electrons. The summed E-state index contributed by atoms with van der Waals surface area (Å²) in [6.45, 7) is 7.70. The summed E-state index contributed by atoms with van der Waals surface area (Å²) >= 11 is 0. The number of aromatic nitrogens is 1. The maximum atomic E-state index is 5.43. The van der Waals surface area contributed by atoms with Crippen molar-refractivity contribution in [3.63, 3.8) is 0 Å². The Kier molecular flexibility index (Phi) is 8.40. The van der Waals surface area contributed by atoms with Crippen LogP contribution in [-0.2, 0) is 14.2 Å². The molecule has 6 nitrogen and oxygen atoms in total. The van der Waals surface area contributed by atoms with Crippen LogP contribution in [0.3, 0.4) is 0 Å². The standard InChI is InChI=1S/C13H24N2O4/c1-11-10-15-13(19-11)12(2)14-4-5-17-8-9-18-7-6-16-3/h10,12,14H,4-9H2,1-3H3. The fourth-order valence-corrected chi connectivity index (χ4v) is 1.47.